The Bertz CT molecular complexity index is 931. The van der Waals surface area contributed by atoms with E-state index in [-0.39, 0.29) is 16.8 Å². The molecule has 0 saturated carbocycles. The summed E-state index contributed by atoms with van der Waals surface area (Å²) >= 11 is 1.01. The lowest BCUT2D eigenvalue weighted by atomic mass is 10.2. The van der Waals surface area contributed by atoms with Gasteiger partial charge in [0, 0.05) is 23.6 Å². The highest BCUT2D eigenvalue weighted by molar-refractivity contribution is 8.00. The number of benzene rings is 1. The number of nitrogens with zero attached hydrogens (tertiary/aromatic N) is 3. The van der Waals surface area contributed by atoms with Crippen LogP contribution in [0.15, 0.2) is 58.4 Å². The topological polar surface area (TPSA) is 80.9 Å². The Hall–Kier alpha value is -2.88. The Kier molecular flexibility index (Phi) is 5.45. The van der Waals surface area contributed by atoms with Gasteiger partial charge >= 0.3 is 6.18 Å². The van der Waals surface area contributed by atoms with Gasteiger partial charge in [0.15, 0.2) is 0 Å². The summed E-state index contributed by atoms with van der Waals surface area (Å²) in [7, 11) is 0. The molecule has 2 aromatic heterocycles. The third kappa shape index (κ3) is 4.85. The molecule has 1 aromatic carbocycles. The largest absolute Gasteiger partial charge is 0.416 e. The lowest BCUT2D eigenvalue weighted by Crippen LogP contribution is -2.22. The van der Waals surface area contributed by atoms with Crippen molar-refractivity contribution in [2.45, 2.75) is 23.6 Å². The van der Waals surface area contributed by atoms with Gasteiger partial charge in [0.2, 0.25) is 11.8 Å². The molecule has 140 valence electrons. The summed E-state index contributed by atoms with van der Waals surface area (Å²) in [4.78, 5) is 16.1. The first-order chi connectivity index (χ1) is 12.8. The fraction of sp³-hybridized carbons (Fsp3) is 0.176. The summed E-state index contributed by atoms with van der Waals surface area (Å²) in [6, 6.07) is 7.84. The van der Waals surface area contributed by atoms with Gasteiger partial charge in [-0.05, 0) is 37.3 Å². The highest BCUT2D eigenvalue weighted by Gasteiger charge is 2.30. The number of hydrogen-bond donors (Lipinski definition) is 1. The van der Waals surface area contributed by atoms with Crippen LogP contribution < -0.4 is 5.32 Å². The van der Waals surface area contributed by atoms with Crippen LogP contribution in [-0.4, -0.2) is 26.3 Å². The first kappa shape index (κ1) is 18.9. The van der Waals surface area contributed by atoms with Crippen molar-refractivity contribution in [1.29, 1.82) is 0 Å². The third-order valence-corrected chi connectivity index (χ3v) is 4.37. The Balaban J connectivity index is 1.64. The second-order valence-electron chi connectivity index (χ2n) is 5.44. The highest BCUT2D eigenvalue weighted by atomic mass is 32.2. The minimum Gasteiger partial charge on any atom is -0.411 e. The van der Waals surface area contributed by atoms with Crippen molar-refractivity contribution in [2.24, 2.45) is 0 Å². The van der Waals surface area contributed by atoms with Gasteiger partial charge < -0.3 is 9.73 Å². The van der Waals surface area contributed by atoms with Crippen molar-refractivity contribution in [3.8, 4) is 11.5 Å². The monoisotopic (exact) mass is 394 g/mol. The molecular weight excluding hydrogens is 381 g/mol. The number of halogens is 3. The Morgan fingerprint density at radius 3 is 2.63 bits per heavy atom. The normalized spacial score (nSPS) is 12.6. The number of alkyl halides is 3. The molecule has 6 nitrogen and oxygen atoms in total. The summed E-state index contributed by atoms with van der Waals surface area (Å²) in [5.74, 6) is -0.201. The molecule has 27 heavy (non-hydrogen) atoms. The number of aromatic nitrogens is 3. The summed E-state index contributed by atoms with van der Waals surface area (Å²) in [6.07, 6.45) is -1.32. The Morgan fingerprint density at radius 2 is 1.93 bits per heavy atom. The second-order valence-corrected chi connectivity index (χ2v) is 6.73. The first-order valence-electron chi connectivity index (χ1n) is 7.71. The molecule has 0 aliphatic heterocycles. The maximum absolute atomic E-state index is 12.7. The van der Waals surface area contributed by atoms with Crippen LogP contribution in [0.4, 0.5) is 18.9 Å². The number of hydrogen-bond acceptors (Lipinski definition) is 6. The minimum absolute atomic E-state index is 0.0604. The van der Waals surface area contributed by atoms with E-state index in [0.29, 0.717) is 5.56 Å². The molecule has 0 fully saturated rings. The number of anilines is 1. The molecule has 3 rings (SSSR count). The van der Waals surface area contributed by atoms with Gasteiger partial charge in [-0.3, -0.25) is 9.78 Å². The molecule has 0 saturated heterocycles. The van der Waals surface area contributed by atoms with Crippen LogP contribution in [0.1, 0.15) is 12.5 Å². The zero-order chi connectivity index (χ0) is 19.4. The Labute approximate surface area is 156 Å². The SMILES string of the molecule is CC(Sc1nnc(-c2ccncc2)o1)C(=O)Nc1cccc(C(F)(F)F)c1. The predicted molar refractivity (Wildman–Crippen MR) is 92.9 cm³/mol. The van der Waals surface area contributed by atoms with Crippen molar-refractivity contribution in [3.05, 3.63) is 54.4 Å². The molecule has 0 radical (unpaired) electrons. The number of carbonyl (C=O) groups is 1. The summed E-state index contributed by atoms with van der Waals surface area (Å²) in [5.41, 5.74) is -0.0878. The summed E-state index contributed by atoms with van der Waals surface area (Å²) in [5, 5.41) is 9.73. The van der Waals surface area contributed by atoms with E-state index in [1.165, 1.54) is 12.1 Å². The molecule has 1 amide bonds. The van der Waals surface area contributed by atoms with Crippen LogP contribution in [0.25, 0.3) is 11.5 Å². The molecule has 2 heterocycles. The second kappa shape index (κ2) is 7.78. The average molecular weight is 394 g/mol. The summed E-state index contributed by atoms with van der Waals surface area (Å²) < 4.78 is 43.7. The van der Waals surface area contributed by atoms with E-state index in [1.807, 2.05) is 0 Å². The zero-order valence-electron chi connectivity index (χ0n) is 13.9. The van der Waals surface area contributed by atoms with Crippen molar-refractivity contribution in [3.63, 3.8) is 0 Å². The fourth-order valence-corrected chi connectivity index (χ4v) is 2.77. The molecule has 0 bridgehead atoms. The third-order valence-electron chi connectivity index (χ3n) is 3.44. The lowest BCUT2D eigenvalue weighted by Gasteiger charge is -2.12. The maximum Gasteiger partial charge on any atom is 0.416 e. The molecule has 0 aliphatic rings. The summed E-state index contributed by atoms with van der Waals surface area (Å²) in [6.45, 7) is 1.59. The van der Waals surface area contributed by atoms with Crippen molar-refractivity contribution >= 4 is 23.4 Å². The smallest absolute Gasteiger partial charge is 0.411 e. The molecule has 1 N–H and O–H groups in total. The number of amides is 1. The molecule has 1 unspecified atom stereocenters. The van der Waals surface area contributed by atoms with E-state index in [1.54, 1.807) is 31.5 Å². The molecule has 0 spiro atoms. The number of rotatable bonds is 5. The molecule has 0 aliphatic carbocycles. The standard InChI is InChI=1S/C17H13F3N4O2S/c1-10(14(25)22-13-4-2-3-12(9-13)17(18,19)20)27-16-24-23-15(26-16)11-5-7-21-8-6-11/h2-10H,1H3,(H,22,25). The molecule has 1 atom stereocenters. The molecular formula is C17H13F3N4O2S. The van der Waals surface area contributed by atoms with E-state index in [2.05, 4.69) is 20.5 Å². The van der Waals surface area contributed by atoms with Crippen LogP contribution in [0.3, 0.4) is 0 Å². The van der Waals surface area contributed by atoms with Crippen LogP contribution in [0.5, 0.6) is 0 Å². The number of nitrogens with one attached hydrogen (secondary N) is 1. The minimum atomic E-state index is -4.48. The van der Waals surface area contributed by atoms with E-state index in [0.717, 1.165) is 23.9 Å². The van der Waals surface area contributed by atoms with Crippen molar-refractivity contribution in [2.75, 3.05) is 5.32 Å². The molecule has 3 aromatic rings. The maximum atomic E-state index is 12.7. The van der Waals surface area contributed by atoms with Crippen LogP contribution in [0, 0.1) is 0 Å². The van der Waals surface area contributed by atoms with Crippen molar-refractivity contribution < 1.29 is 22.4 Å². The van der Waals surface area contributed by atoms with E-state index in [9.17, 15) is 18.0 Å². The number of thioether (sulfide) groups is 1. The average Bonchev–Trinajstić information content (AvgIpc) is 3.10. The highest BCUT2D eigenvalue weighted by Crippen LogP contribution is 2.31. The number of carbonyl (C=O) groups excluding carboxylic acids is 1. The van der Waals surface area contributed by atoms with Gasteiger partial charge in [-0.25, -0.2) is 0 Å². The van der Waals surface area contributed by atoms with Crippen LogP contribution >= 0.6 is 11.8 Å². The molecule has 10 heteroatoms. The lowest BCUT2D eigenvalue weighted by molar-refractivity contribution is -0.137. The van der Waals surface area contributed by atoms with Gasteiger partial charge in [-0.1, -0.05) is 17.8 Å². The Morgan fingerprint density at radius 1 is 1.19 bits per heavy atom. The van der Waals surface area contributed by atoms with E-state index >= 15 is 0 Å². The zero-order valence-corrected chi connectivity index (χ0v) is 14.7. The van der Waals surface area contributed by atoms with Gasteiger partial charge in [0.25, 0.3) is 5.22 Å². The van der Waals surface area contributed by atoms with Crippen molar-refractivity contribution in [1.82, 2.24) is 15.2 Å². The number of pyridine rings is 1. The van der Waals surface area contributed by atoms with Gasteiger partial charge in [0.1, 0.15) is 0 Å². The van der Waals surface area contributed by atoms with Gasteiger partial charge in [-0.15, -0.1) is 10.2 Å². The first-order valence-corrected chi connectivity index (χ1v) is 8.59. The van der Waals surface area contributed by atoms with Gasteiger partial charge in [-0.2, -0.15) is 13.2 Å². The van der Waals surface area contributed by atoms with Gasteiger partial charge in [0.05, 0.1) is 10.8 Å². The predicted octanol–water partition coefficient (Wildman–Crippen LogP) is 4.27. The van der Waals surface area contributed by atoms with Crippen LogP contribution in [0.2, 0.25) is 0 Å². The quantitative estimate of drug-likeness (QED) is 0.651. The van der Waals surface area contributed by atoms with E-state index < -0.39 is 22.9 Å². The fourth-order valence-electron chi connectivity index (χ4n) is 2.09. The van der Waals surface area contributed by atoms with Crippen LogP contribution in [-0.2, 0) is 11.0 Å². The van der Waals surface area contributed by atoms with E-state index in [4.69, 9.17) is 4.42 Å².